The van der Waals surface area contributed by atoms with E-state index in [-0.39, 0.29) is 4.90 Å². The van der Waals surface area contributed by atoms with Gasteiger partial charge < -0.3 is 9.47 Å². The van der Waals surface area contributed by atoms with Crippen LogP contribution in [0.2, 0.25) is 0 Å². The number of benzene rings is 2. The number of hydrazone groups is 1. The summed E-state index contributed by atoms with van der Waals surface area (Å²) in [5, 5.41) is 3.82. The Labute approximate surface area is 148 Å². The average Bonchev–Trinajstić information content (AvgIpc) is 2.62. The lowest BCUT2D eigenvalue weighted by atomic mass is 10.2. The molecule has 0 unspecified atom stereocenters. The summed E-state index contributed by atoms with van der Waals surface area (Å²) >= 11 is 0. The number of hydrogen-bond donors (Lipinski definition) is 1. The molecule has 0 heterocycles. The fourth-order valence-electron chi connectivity index (χ4n) is 2.03. The first-order chi connectivity index (χ1) is 12.1. The monoisotopic (exact) mass is 362 g/mol. The van der Waals surface area contributed by atoms with E-state index in [1.807, 2.05) is 13.8 Å². The second-order valence-corrected chi connectivity index (χ2v) is 6.81. The maximum absolute atomic E-state index is 12.1. The van der Waals surface area contributed by atoms with Crippen molar-refractivity contribution in [1.82, 2.24) is 4.83 Å². The predicted octanol–water partition coefficient (Wildman–Crippen LogP) is 3.19. The van der Waals surface area contributed by atoms with Gasteiger partial charge in [0, 0.05) is 0 Å². The number of ether oxygens (including phenoxy) is 2. The van der Waals surface area contributed by atoms with E-state index in [2.05, 4.69) is 9.93 Å². The minimum absolute atomic E-state index is 0.158. The maximum Gasteiger partial charge on any atom is 0.276 e. The first-order valence-electron chi connectivity index (χ1n) is 8.06. The van der Waals surface area contributed by atoms with Gasteiger partial charge in [-0.25, -0.2) is 4.83 Å². The molecular weight excluding hydrogens is 340 g/mol. The second-order valence-electron chi connectivity index (χ2n) is 5.15. The molecule has 2 rings (SSSR count). The van der Waals surface area contributed by atoms with Crippen LogP contribution in [0.15, 0.2) is 58.5 Å². The van der Waals surface area contributed by atoms with Crippen molar-refractivity contribution >= 4 is 16.2 Å². The summed E-state index contributed by atoms with van der Waals surface area (Å²) < 4.78 is 35.4. The van der Waals surface area contributed by atoms with E-state index in [0.29, 0.717) is 30.3 Å². The molecule has 0 aliphatic heterocycles. The molecule has 0 amide bonds. The molecule has 0 radical (unpaired) electrons. The van der Waals surface area contributed by atoms with Gasteiger partial charge >= 0.3 is 0 Å². The molecule has 0 aromatic heterocycles. The molecular formula is C18H22N2O4S. The van der Waals surface area contributed by atoms with Crippen molar-refractivity contribution in [2.24, 2.45) is 5.10 Å². The lowest BCUT2D eigenvalue weighted by molar-refractivity contribution is 0.277. The van der Waals surface area contributed by atoms with Gasteiger partial charge in [0.1, 0.15) is 0 Å². The summed E-state index contributed by atoms with van der Waals surface area (Å²) in [5.41, 5.74) is 0.697. The third-order valence-corrected chi connectivity index (χ3v) is 4.41. The highest BCUT2D eigenvalue weighted by atomic mass is 32.2. The van der Waals surface area contributed by atoms with E-state index < -0.39 is 10.0 Å². The van der Waals surface area contributed by atoms with Crippen LogP contribution in [0.4, 0.5) is 0 Å². The highest BCUT2D eigenvalue weighted by Crippen LogP contribution is 2.28. The Hall–Kier alpha value is -2.54. The summed E-state index contributed by atoms with van der Waals surface area (Å²) in [4.78, 5) is 2.35. The number of rotatable bonds is 9. The van der Waals surface area contributed by atoms with Gasteiger partial charge in [0.15, 0.2) is 11.5 Å². The zero-order valence-corrected chi connectivity index (χ0v) is 15.1. The first-order valence-corrected chi connectivity index (χ1v) is 9.54. The van der Waals surface area contributed by atoms with Crippen molar-refractivity contribution in [1.29, 1.82) is 0 Å². The fraction of sp³-hybridized carbons (Fsp3) is 0.278. The molecule has 0 fully saturated rings. The maximum atomic E-state index is 12.1. The van der Waals surface area contributed by atoms with Crippen molar-refractivity contribution in [3.8, 4) is 11.5 Å². The van der Waals surface area contributed by atoms with Crippen molar-refractivity contribution in [2.75, 3.05) is 13.2 Å². The van der Waals surface area contributed by atoms with Gasteiger partial charge in [-0.3, -0.25) is 0 Å². The van der Waals surface area contributed by atoms with E-state index in [4.69, 9.17) is 9.47 Å². The summed E-state index contributed by atoms with van der Waals surface area (Å²) in [5.74, 6) is 1.26. The molecule has 0 bridgehead atoms. The minimum atomic E-state index is -3.67. The van der Waals surface area contributed by atoms with Crippen molar-refractivity contribution in [3.05, 3.63) is 54.1 Å². The van der Waals surface area contributed by atoms with Crippen LogP contribution in [-0.2, 0) is 10.0 Å². The molecule has 0 spiro atoms. The van der Waals surface area contributed by atoms with Gasteiger partial charge in [0.2, 0.25) is 0 Å². The normalized spacial score (nSPS) is 11.4. The Balaban J connectivity index is 2.11. The molecule has 2 aromatic rings. The summed E-state index contributed by atoms with van der Waals surface area (Å²) in [7, 11) is -3.67. The van der Waals surface area contributed by atoms with Crippen LogP contribution in [0.5, 0.6) is 11.5 Å². The smallest absolute Gasteiger partial charge is 0.276 e. The molecule has 0 saturated heterocycles. The van der Waals surface area contributed by atoms with Crippen LogP contribution >= 0.6 is 0 Å². The molecule has 2 aromatic carbocycles. The average molecular weight is 362 g/mol. The van der Waals surface area contributed by atoms with Gasteiger partial charge in [-0.05, 0) is 49.2 Å². The van der Waals surface area contributed by atoms with Crippen molar-refractivity contribution < 1.29 is 17.9 Å². The summed E-state index contributed by atoms with van der Waals surface area (Å²) in [6.45, 7) is 5.02. The lowest BCUT2D eigenvalue weighted by Gasteiger charge is -2.11. The molecule has 134 valence electrons. The number of hydrogen-bond acceptors (Lipinski definition) is 5. The SMILES string of the molecule is CCCOc1ccc(/C=N/NS(=O)(=O)c2ccccc2)cc1OCC. The quantitative estimate of drug-likeness (QED) is 0.549. The number of sulfonamides is 1. The second kappa shape index (κ2) is 9.08. The lowest BCUT2D eigenvalue weighted by Crippen LogP contribution is -2.18. The van der Waals surface area contributed by atoms with Crippen molar-refractivity contribution in [3.63, 3.8) is 0 Å². The van der Waals surface area contributed by atoms with E-state index in [1.165, 1.54) is 18.3 Å². The van der Waals surface area contributed by atoms with Gasteiger partial charge in [0.05, 0.1) is 24.3 Å². The van der Waals surface area contributed by atoms with Gasteiger partial charge in [-0.1, -0.05) is 25.1 Å². The van der Waals surface area contributed by atoms with Gasteiger partial charge in [0.25, 0.3) is 10.0 Å². The topological polar surface area (TPSA) is 77.0 Å². The largest absolute Gasteiger partial charge is 0.490 e. The van der Waals surface area contributed by atoms with Crippen LogP contribution in [0.1, 0.15) is 25.8 Å². The van der Waals surface area contributed by atoms with E-state index >= 15 is 0 Å². The van der Waals surface area contributed by atoms with E-state index in [0.717, 1.165) is 6.42 Å². The highest BCUT2D eigenvalue weighted by molar-refractivity contribution is 7.89. The summed E-state index contributed by atoms with van der Waals surface area (Å²) in [6, 6.07) is 13.4. The molecule has 7 heteroatoms. The Kier molecular flexibility index (Phi) is 6.82. The first kappa shape index (κ1) is 18.8. The Bertz CT molecular complexity index is 805. The molecule has 0 aliphatic carbocycles. The third kappa shape index (κ3) is 5.49. The molecule has 1 N–H and O–H groups in total. The van der Waals surface area contributed by atoms with Gasteiger partial charge in [-0.2, -0.15) is 13.5 Å². The Morgan fingerprint density at radius 3 is 2.48 bits per heavy atom. The molecule has 25 heavy (non-hydrogen) atoms. The molecule has 0 saturated carbocycles. The van der Waals surface area contributed by atoms with E-state index in [1.54, 1.807) is 36.4 Å². The Morgan fingerprint density at radius 2 is 1.80 bits per heavy atom. The number of nitrogens with one attached hydrogen (secondary N) is 1. The zero-order valence-electron chi connectivity index (χ0n) is 14.3. The third-order valence-electron chi connectivity index (χ3n) is 3.17. The molecule has 0 aliphatic rings. The van der Waals surface area contributed by atoms with Crippen LogP contribution in [-0.4, -0.2) is 27.8 Å². The minimum Gasteiger partial charge on any atom is -0.490 e. The Morgan fingerprint density at radius 1 is 1.04 bits per heavy atom. The van der Waals surface area contributed by atoms with Crippen LogP contribution in [0.3, 0.4) is 0 Å². The standard InChI is InChI=1S/C18H22N2O4S/c1-3-12-24-17-11-10-15(13-18(17)23-4-2)14-19-20-25(21,22)16-8-6-5-7-9-16/h5-11,13-14,20H,3-4,12H2,1-2H3/b19-14+. The van der Waals surface area contributed by atoms with Gasteiger partial charge in [-0.15, -0.1) is 0 Å². The highest BCUT2D eigenvalue weighted by Gasteiger charge is 2.11. The van der Waals surface area contributed by atoms with Crippen LogP contribution in [0, 0.1) is 0 Å². The zero-order chi connectivity index (χ0) is 18.1. The van der Waals surface area contributed by atoms with Crippen LogP contribution < -0.4 is 14.3 Å². The van der Waals surface area contributed by atoms with Crippen LogP contribution in [0.25, 0.3) is 0 Å². The predicted molar refractivity (Wildman–Crippen MR) is 97.8 cm³/mol. The molecule has 6 nitrogen and oxygen atoms in total. The van der Waals surface area contributed by atoms with E-state index in [9.17, 15) is 8.42 Å². The molecule has 0 atom stereocenters. The van der Waals surface area contributed by atoms with Crippen molar-refractivity contribution in [2.45, 2.75) is 25.2 Å². The fourth-order valence-corrected chi connectivity index (χ4v) is 2.84. The number of nitrogens with zero attached hydrogens (tertiary/aromatic N) is 1. The summed E-state index contributed by atoms with van der Waals surface area (Å²) in [6.07, 6.45) is 2.32.